The minimum absolute atomic E-state index is 0.935. The Balaban J connectivity index is 1.65. The van der Waals surface area contributed by atoms with Gasteiger partial charge >= 0.3 is 0 Å². The fraction of sp³-hybridized carbons (Fsp3) is 0. The van der Waals surface area contributed by atoms with Crippen molar-refractivity contribution in [1.82, 2.24) is 9.97 Å². The van der Waals surface area contributed by atoms with Crippen LogP contribution in [0.2, 0.25) is 0 Å². The third kappa shape index (κ3) is 3.06. The predicted octanol–water partition coefficient (Wildman–Crippen LogP) is 6.62. The van der Waals surface area contributed by atoms with E-state index in [1.54, 1.807) is 6.20 Å². The number of fused-ring (bicyclic) bond motifs is 2. The van der Waals surface area contributed by atoms with E-state index in [1.807, 2.05) is 24.3 Å². The summed E-state index contributed by atoms with van der Waals surface area (Å²) in [6.45, 7) is 0. The van der Waals surface area contributed by atoms with Gasteiger partial charge in [0, 0.05) is 22.7 Å². The Morgan fingerprint density at radius 1 is 0.607 bits per heavy atom. The molecule has 0 spiro atoms. The van der Waals surface area contributed by atoms with Crippen molar-refractivity contribution in [1.29, 1.82) is 0 Å². The van der Waals surface area contributed by atoms with Gasteiger partial charge in [-0.25, -0.2) is 4.98 Å². The lowest BCUT2D eigenvalue weighted by molar-refractivity contribution is 1.30. The van der Waals surface area contributed by atoms with E-state index in [1.165, 1.54) is 10.8 Å². The van der Waals surface area contributed by atoms with Gasteiger partial charge in [-0.05, 0) is 35.0 Å². The van der Waals surface area contributed by atoms with Crippen molar-refractivity contribution >= 4 is 33.8 Å². The Hall–Kier alpha value is -3.78. The molecule has 3 aromatic carbocycles. The van der Waals surface area contributed by atoms with Crippen LogP contribution >= 0.6 is 0 Å². The normalized spacial score (nSPS) is 11.4. The molecule has 0 saturated carbocycles. The Morgan fingerprint density at radius 3 is 2.36 bits per heavy atom. The average Bonchev–Trinajstić information content (AvgIpc) is 2.77. The molecule has 0 amide bonds. The molecule has 5 rings (SSSR count). The molecule has 2 nitrogen and oxygen atoms in total. The molecule has 5 aromatic rings. The third-order valence-electron chi connectivity index (χ3n) is 4.94. The van der Waals surface area contributed by atoms with E-state index in [0.29, 0.717) is 0 Å². The van der Waals surface area contributed by atoms with Gasteiger partial charge in [0.25, 0.3) is 0 Å². The molecule has 28 heavy (non-hydrogen) atoms. The zero-order valence-corrected chi connectivity index (χ0v) is 15.3. The molecule has 0 aliphatic heterocycles. The SMILES string of the molecule is C(=Cc1cccc2ccc(-c3cccc4ccccc34)nc12)c1ccccn1. The minimum atomic E-state index is 0.935. The van der Waals surface area contributed by atoms with Crippen molar-refractivity contribution in [3.8, 4) is 11.3 Å². The summed E-state index contributed by atoms with van der Waals surface area (Å²) in [7, 11) is 0. The predicted molar refractivity (Wildman–Crippen MR) is 118 cm³/mol. The van der Waals surface area contributed by atoms with Gasteiger partial charge in [0.2, 0.25) is 0 Å². The van der Waals surface area contributed by atoms with Gasteiger partial charge in [0.05, 0.1) is 16.9 Å². The van der Waals surface area contributed by atoms with Crippen molar-refractivity contribution in [2.45, 2.75) is 0 Å². The first kappa shape index (κ1) is 16.4. The number of benzene rings is 3. The standard InChI is InChI=1S/C26H18N2/c1-2-12-23-19(7-1)8-6-13-24(23)25-17-15-21-10-5-9-20(26(21)28-25)14-16-22-11-3-4-18-27-22/h1-18H. The van der Waals surface area contributed by atoms with Gasteiger partial charge in [0.1, 0.15) is 0 Å². The van der Waals surface area contributed by atoms with Crippen LogP contribution in [0.25, 0.3) is 45.1 Å². The second kappa shape index (κ2) is 7.09. The number of pyridine rings is 2. The fourth-order valence-corrected chi connectivity index (χ4v) is 3.55. The second-order valence-electron chi connectivity index (χ2n) is 6.73. The quantitative estimate of drug-likeness (QED) is 0.362. The van der Waals surface area contributed by atoms with Gasteiger partial charge in [-0.3, -0.25) is 4.98 Å². The molecule has 2 aromatic heterocycles. The number of nitrogens with zero attached hydrogens (tertiary/aromatic N) is 2. The molecular weight excluding hydrogens is 340 g/mol. The highest BCUT2D eigenvalue weighted by atomic mass is 14.7. The zero-order chi connectivity index (χ0) is 18.8. The molecule has 0 unspecified atom stereocenters. The summed E-state index contributed by atoms with van der Waals surface area (Å²) in [5.74, 6) is 0. The van der Waals surface area contributed by atoms with Crippen molar-refractivity contribution in [3.05, 3.63) is 108 Å². The highest BCUT2D eigenvalue weighted by molar-refractivity contribution is 5.98. The first-order chi connectivity index (χ1) is 13.9. The van der Waals surface area contributed by atoms with E-state index in [-0.39, 0.29) is 0 Å². The molecule has 0 saturated heterocycles. The van der Waals surface area contributed by atoms with E-state index >= 15 is 0 Å². The van der Waals surface area contributed by atoms with Crippen LogP contribution < -0.4 is 0 Å². The summed E-state index contributed by atoms with van der Waals surface area (Å²) in [6.07, 6.45) is 5.92. The van der Waals surface area contributed by atoms with Crippen molar-refractivity contribution in [3.63, 3.8) is 0 Å². The molecular formula is C26H18N2. The number of rotatable bonds is 3. The fourth-order valence-electron chi connectivity index (χ4n) is 3.55. The molecule has 2 heterocycles. The molecule has 0 radical (unpaired) electrons. The molecule has 0 atom stereocenters. The van der Waals surface area contributed by atoms with Gasteiger partial charge in [0.15, 0.2) is 0 Å². The Labute approximate surface area is 163 Å². The topological polar surface area (TPSA) is 25.8 Å². The Kier molecular flexibility index (Phi) is 4.15. The molecule has 132 valence electrons. The maximum atomic E-state index is 5.04. The molecule has 0 aliphatic carbocycles. The van der Waals surface area contributed by atoms with E-state index in [2.05, 4.69) is 83.9 Å². The molecule has 0 N–H and O–H groups in total. The van der Waals surface area contributed by atoms with Crippen LogP contribution in [0.4, 0.5) is 0 Å². The van der Waals surface area contributed by atoms with Crippen LogP contribution in [0.3, 0.4) is 0 Å². The monoisotopic (exact) mass is 358 g/mol. The summed E-state index contributed by atoms with van der Waals surface area (Å²) in [5, 5.41) is 3.58. The molecule has 0 fully saturated rings. The minimum Gasteiger partial charge on any atom is -0.257 e. The number of para-hydroxylation sites is 1. The summed E-state index contributed by atoms with van der Waals surface area (Å²) < 4.78 is 0. The van der Waals surface area contributed by atoms with Crippen LogP contribution in [0.1, 0.15) is 11.3 Å². The van der Waals surface area contributed by atoms with Crippen molar-refractivity contribution in [2.75, 3.05) is 0 Å². The lowest BCUT2D eigenvalue weighted by Crippen LogP contribution is -1.89. The molecule has 0 bridgehead atoms. The van der Waals surface area contributed by atoms with Gasteiger partial charge < -0.3 is 0 Å². The number of aromatic nitrogens is 2. The maximum absolute atomic E-state index is 5.04. The summed E-state index contributed by atoms with van der Waals surface area (Å²) >= 11 is 0. The van der Waals surface area contributed by atoms with Crippen LogP contribution in [0.15, 0.2) is 97.2 Å². The maximum Gasteiger partial charge on any atom is 0.0781 e. The first-order valence-electron chi connectivity index (χ1n) is 9.35. The molecule has 2 heteroatoms. The summed E-state index contributed by atoms with van der Waals surface area (Å²) in [6, 6.07) is 31.3. The van der Waals surface area contributed by atoms with Crippen LogP contribution in [-0.4, -0.2) is 9.97 Å². The Morgan fingerprint density at radius 2 is 1.43 bits per heavy atom. The second-order valence-corrected chi connectivity index (χ2v) is 6.73. The third-order valence-corrected chi connectivity index (χ3v) is 4.94. The van der Waals surface area contributed by atoms with Crippen LogP contribution in [-0.2, 0) is 0 Å². The lowest BCUT2D eigenvalue weighted by Gasteiger charge is -2.09. The zero-order valence-electron chi connectivity index (χ0n) is 15.3. The Bertz CT molecular complexity index is 1300. The first-order valence-corrected chi connectivity index (χ1v) is 9.35. The highest BCUT2D eigenvalue weighted by Crippen LogP contribution is 2.29. The summed E-state index contributed by atoms with van der Waals surface area (Å²) in [5.41, 5.74) is 5.17. The van der Waals surface area contributed by atoms with Gasteiger partial charge in [-0.15, -0.1) is 0 Å². The van der Waals surface area contributed by atoms with Crippen LogP contribution in [0.5, 0.6) is 0 Å². The van der Waals surface area contributed by atoms with E-state index in [9.17, 15) is 0 Å². The van der Waals surface area contributed by atoms with Crippen molar-refractivity contribution in [2.24, 2.45) is 0 Å². The molecule has 0 aliphatic rings. The average molecular weight is 358 g/mol. The van der Waals surface area contributed by atoms with E-state index in [4.69, 9.17) is 4.98 Å². The van der Waals surface area contributed by atoms with Crippen LogP contribution in [0, 0.1) is 0 Å². The van der Waals surface area contributed by atoms with E-state index in [0.717, 1.165) is 33.4 Å². The number of hydrogen-bond acceptors (Lipinski definition) is 2. The van der Waals surface area contributed by atoms with Crippen molar-refractivity contribution < 1.29 is 0 Å². The van der Waals surface area contributed by atoms with Gasteiger partial charge in [-0.1, -0.05) is 78.9 Å². The highest BCUT2D eigenvalue weighted by Gasteiger charge is 2.07. The summed E-state index contributed by atoms with van der Waals surface area (Å²) in [4.78, 5) is 9.40. The largest absolute Gasteiger partial charge is 0.257 e. The van der Waals surface area contributed by atoms with E-state index < -0.39 is 0 Å². The lowest BCUT2D eigenvalue weighted by atomic mass is 10.0. The smallest absolute Gasteiger partial charge is 0.0781 e. The number of hydrogen-bond donors (Lipinski definition) is 0. The van der Waals surface area contributed by atoms with Gasteiger partial charge in [-0.2, -0.15) is 0 Å².